The molecule has 1 fully saturated rings. The monoisotopic (exact) mass is 264 g/mol. The molecule has 1 heterocycles. The fourth-order valence-electron chi connectivity index (χ4n) is 2.18. The third-order valence-corrected chi connectivity index (χ3v) is 3.53. The Kier molecular flexibility index (Phi) is 4.47. The van der Waals surface area contributed by atoms with Crippen LogP contribution in [-0.2, 0) is 13.6 Å². The van der Waals surface area contributed by atoms with Crippen LogP contribution in [0.1, 0.15) is 31.7 Å². The van der Waals surface area contributed by atoms with Gasteiger partial charge in [0.05, 0.1) is 12.1 Å². The maximum absolute atomic E-state index is 10.1. The van der Waals surface area contributed by atoms with E-state index >= 15 is 0 Å². The van der Waals surface area contributed by atoms with Gasteiger partial charge in [0.2, 0.25) is 0 Å². The minimum absolute atomic E-state index is 0.525. The number of rotatable bonds is 5. The van der Waals surface area contributed by atoms with E-state index in [0.29, 0.717) is 13.1 Å². The van der Waals surface area contributed by atoms with Crippen molar-refractivity contribution in [1.82, 2.24) is 15.2 Å². The van der Waals surface area contributed by atoms with Crippen molar-refractivity contribution in [2.24, 2.45) is 12.0 Å². The zero-order chi connectivity index (χ0) is 13.7. The summed E-state index contributed by atoms with van der Waals surface area (Å²) in [4.78, 5) is 4.53. The van der Waals surface area contributed by atoms with Crippen molar-refractivity contribution in [2.75, 3.05) is 13.1 Å². The third-order valence-electron chi connectivity index (χ3n) is 3.53. The first-order valence-corrected chi connectivity index (χ1v) is 6.97. The number of hydrogen-bond acceptors (Lipinski definition) is 2. The lowest BCUT2D eigenvalue weighted by Gasteiger charge is -2.36. The Morgan fingerprint density at radius 1 is 1.47 bits per heavy atom. The second-order valence-electron chi connectivity index (χ2n) is 5.31. The number of nitrogens with one attached hydrogen (secondary N) is 2. The van der Waals surface area contributed by atoms with Gasteiger partial charge in [0.15, 0.2) is 5.96 Å². The number of aryl methyl sites for hydroxylation is 1. The molecule has 106 valence electrons. The molecule has 0 unspecified atom stereocenters. The summed E-state index contributed by atoms with van der Waals surface area (Å²) in [5.41, 5.74) is 0.658. The second-order valence-corrected chi connectivity index (χ2v) is 5.31. The zero-order valence-corrected chi connectivity index (χ0v) is 11.8. The van der Waals surface area contributed by atoms with Gasteiger partial charge in [0, 0.05) is 32.5 Å². The Balaban J connectivity index is 1.87. The van der Waals surface area contributed by atoms with E-state index in [1.807, 2.05) is 24.7 Å². The molecule has 0 atom stereocenters. The number of aromatic nitrogens is 1. The van der Waals surface area contributed by atoms with Crippen LogP contribution in [0.4, 0.5) is 0 Å². The topological polar surface area (TPSA) is 61.6 Å². The fraction of sp³-hybridized carbons (Fsp3) is 0.643. The van der Waals surface area contributed by atoms with E-state index in [-0.39, 0.29) is 0 Å². The van der Waals surface area contributed by atoms with E-state index in [9.17, 15) is 5.11 Å². The molecule has 3 N–H and O–H groups in total. The van der Waals surface area contributed by atoms with Crippen molar-refractivity contribution in [3.63, 3.8) is 0 Å². The van der Waals surface area contributed by atoms with Crippen LogP contribution < -0.4 is 10.6 Å². The van der Waals surface area contributed by atoms with Crippen LogP contribution in [0.2, 0.25) is 0 Å². The first kappa shape index (κ1) is 13.9. The molecular formula is C14H24N4O. The van der Waals surface area contributed by atoms with Gasteiger partial charge in [-0.15, -0.1) is 0 Å². The van der Waals surface area contributed by atoms with E-state index in [0.717, 1.165) is 31.8 Å². The van der Waals surface area contributed by atoms with Crippen molar-refractivity contribution in [3.05, 3.63) is 24.0 Å². The van der Waals surface area contributed by atoms with Crippen molar-refractivity contribution in [1.29, 1.82) is 0 Å². The Hall–Kier alpha value is -1.49. The van der Waals surface area contributed by atoms with Gasteiger partial charge in [0.1, 0.15) is 0 Å². The summed E-state index contributed by atoms with van der Waals surface area (Å²) in [6, 6.07) is 2.06. The molecule has 1 aromatic heterocycles. The van der Waals surface area contributed by atoms with Gasteiger partial charge in [-0.3, -0.25) is 0 Å². The predicted molar refractivity (Wildman–Crippen MR) is 77.0 cm³/mol. The molecule has 0 aliphatic heterocycles. The Labute approximate surface area is 114 Å². The number of aliphatic hydroxyl groups is 1. The van der Waals surface area contributed by atoms with Crippen LogP contribution >= 0.6 is 0 Å². The minimum Gasteiger partial charge on any atom is -0.388 e. The van der Waals surface area contributed by atoms with Crippen molar-refractivity contribution in [2.45, 2.75) is 38.3 Å². The molecular weight excluding hydrogens is 240 g/mol. The van der Waals surface area contributed by atoms with Gasteiger partial charge < -0.3 is 20.3 Å². The molecule has 1 aliphatic carbocycles. The number of guanidine groups is 1. The van der Waals surface area contributed by atoms with E-state index in [1.165, 1.54) is 5.56 Å². The van der Waals surface area contributed by atoms with E-state index in [4.69, 9.17) is 0 Å². The molecule has 0 aromatic carbocycles. The highest BCUT2D eigenvalue weighted by Gasteiger charge is 2.34. The van der Waals surface area contributed by atoms with Gasteiger partial charge in [0.25, 0.3) is 0 Å². The van der Waals surface area contributed by atoms with Gasteiger partial charge in [-0.05, 0) is 37.8 Å². The van der Waals surface area contributed by atoms with Gasteiger partial charge in [-0.1, -0.05) is 0 Å². The molecule has 2 rings (SSSR count). The fourth-order valence-corrected chi connectivity index (χ4v) is 2.18. The van der Waals surface area contributed by atoms with E-state index < -0.39 is 5.60 Å². The lowest BCUT2D eigenvalue weighted by atomic mass is 9.80. The van der Waals surface area contributed by atoms with Gasteiger partial charge in [-0.2, -0.15) is 0 Å². The Morgan fingerprint density at radius 2 is 2.26 bits per heavy atom. The summed E-state index contributed by atoms with van der Waals surface area (Å²) in [6.07, 6.45) is 6.97. The average molecular weight is 264 g/mol. The van der Waals surface area contributed by atoms with Crippen molar-refractivity contribution in [3.8, 4) is 0 Å². The van der Waals surface area contributed by atoms with Crippen molar-refractivity contribution < 1.29 is 5.11 Å². The summed E-state index contributed by atoms with van der Waals surface area (Å²) in [5.74, 6) is 0.770. The van der Waals surface area contributed by atoms with Crippen LogP contribution in [0, 0.1) is 0 Å². The highest BCUT2D eigenvalue weighted by atomic mass is 16.3. The minimum atomic E-state index is -0.525. The lowest BCUT2D eigenvalue weighted by Crippen LogP contribution is -2.50. The van der Waals surface area contributed by atoms with Crippen LogP contribution in [0.25, 0.3) is 0 Å². The lowest BCUT2D eigenvalue weighted by molar-refractivity contribution is -0.0279. The average Bonchev–Trinajstić information content (AvgIpc) is 2.76. The summed E-state index contributed by atoms with van der Waals surface area (Å²) < 4.78 is 2.02. The maximum atomic E-state index is 10.1. The molecule has 1 saturated carbocycles. The normalized spacial score (nSPS) is 17.9. The van der Waals surface area contributed by atoms with Crippen molar-refractivity contribution >= 4 is 5.96 Å². The number of nitrogens with zero attached hydrogens (tertiary/aromatic N) is 2. The zero-order valence-electron chi connectivity index (χ0n) is 11.8. The largest absolute Gasteiger partial charge is 0.388 e. The smallest absolute Gasteiger partial charge is 0.191 e. The molecule has 1 aromatic rings. The molecule has 0 bridgehead atoms. The molecule has 5 nitrogen and oxygen atoms in total. The Morgan fingerprint density at radius 3 is 2.79 bits per heavy atom. The molecule has 0 radical (unpaired) electrons. The quantitative estimate of drug-likeness (QED) is 0.549. The maximum Gasteiger partial charge on any atom is 0.191 e. The summed E-state index contributed by atoms with van der Waals surface area (Å²) in [7, 11) is 2.00. The number of hydrogen-bond donors (Lipinski definition) is 3. The summed E-state index contributed by atoms with van der Waals surface area (Å²) in [5, 5.41) is 16.5. The molecule has 5 heteroatoms. The first-order valence-electron chi connectivity index (χ1n) is 6.97. The second kappa shape index (κ2) is 6.10. The van der Waals surface area contributed by atoms with Crippen LogP contribution in [0.5, 0.6) is 0 Å². The van der Waals surface area contributed by atoms with Gasteiger partial charge in [-0.25, -0.2) is 4.99 Å². The molecule has 0 spiro atoms. The standard InChI is InChI=1S/C14H24N4O/c1-3-15-13(17-11-14(19)6-4-7-14)16-9-12-5-8-18(2)10-12/h5,8,10,19H,3-4,6-7,9,11H2,1-2H3,(H2,15,16,17). The van der Waals surface area contributed by atoms with Crippen LogP contribution in [0.3, 0.4) is 0 Å². The number of aliphatic imine (C=N–C) groups is 1. The summed E-state index contributed by atoms with van der Waals surface area (Å²) in [6.45, 7) is 4.08. The molecule has 0 amide bonds. The molecule has 0 saturated heterocycles. The highest BCUT2D eigenvalue weighted by molar-refractivity contribution is 5.79. The van der Waals surface area contributed by atoms with Crippen LogP contribution in [-0.4, -0.2) is 34.3 Å². The van der Waals surface area contributed by atoms with E-state index in [1.54, 1.807) is 0 Å². The van der Waals surface area contributed by atoms with Gasteiger partial charge >= 0.3 is 0 Å². The van der Waals surface area contributed by atoms with E-state index in [2.05, 4.69) is 27.9 Å². The first-order chi connectivity index (χ1) is 9.11. The summed E-state index contributed by atoms with van der Waals surface area (Å²) >= 11 is 0. The SMILES string of the molecule is CCNC(=NCc1ccn(C)c1)NCC1(O)CCC1. The molecule has 1 aliphatic rings. The molecule has 19 heavy (non-hydrogen) atoms. The Bertz CT molecular complexity index is 434. The highest BCUT2D eigenvalue weighted by Crippen LogP contribution is 2.30. The predicted octanol–water partition coefficient (Wildman–Crippen LogP) is 0.995. The third kappa shape index (κ3) is 3.99. The van der Waals surface area contributed by atoms with Crippen LogP contribution in [0.15, 0.2) is 23.5 Å².